The minimum atomic E-state index is -0.451. The summed E-state index contributed by atoms with van der Waals surface area (Å²) in [5.41, 5.74) is 1.89. The van der Waals surface area contributed by atoms with Gasteiger partial charge in [-0.2, -0.15) is 0 Å². The molecule has 0 spiro atoms. The number of urea groups is 1. The number of carbonyl (C=O) groups is 2. The largest absolute Gasteiger partial charge is 0.465 e. The Labute approximate surface area is 113 Å². The van der Waals surface area contributed by atoms with Crippen molar-refractivity contribution in [2.75, 3.05) is 18.5 Å². The van der Waals surface area contributed by atoms with Crippen LogP contribution in [0, 0.1) is 0 Å². The van der Waals surface area contributed by atoms with Crippen LogP contribution in [0.4, 0.5) is 10.5 Å². The molecule has 0 aliphatic rings. The maximum absolute atomic E-state index is 11.5. The summed E-state index contributed by atoms with van der Waals surface area (Å²) in [6.45, 7) is 6.10. The fourth-order valence-electron chi connectivity index (χ4n) is 1.49. The molecule has 0 aliphatic carbocycles. The molecule has 5 heteroatoms. The van der Waals surface area contributed by atoms with Gasteiger partial charge < -0.3 is 15.4 Å². The standard InChI is InChI=1S/C14H20N2O3/c1-4-19-13(17)9-15-14(18)16-12-7-5-11(6-8-12)10(2)3/h5-8,10H,4,9H2,1-3H3,(H2,15,16,18). The van der Waals surface area contributed by atoms with E-state index in [1.807, 2.05) is 24.3 Å². The Morgan fingerprint density at radius 3 is 2.37 bits per heavy atom. The van der Waals surface area contributed by atoms with Gasteiger partial charge in [0.2, 0.25) is 0 Å². The van der Waals surface area contributed by atoms with Gasteiger partial charge >= 0.3 is 12.0 Å². The van der Waals surface area contributed by atoms with Crippen molar-refractivity contribution in [1.29, 1.82) is 0 Å². The number of amides is 2. The third-order valence-electron chi connectivity index (χ3n) is 2.53. The third kappa shape index (κ3) is 5.42. The lowest BCUT2D eigenvalue weighted by atomic mass is 10.0. The number of rotatable bonds is 5. The molecule has 0 unspecified atom stereocenters. The monoisotopic (exact) mass is 264 g/mol. The first-order chi connectivity index (χ1) is 9.02. The molecular weight excluding hydrogens is 244 g/mol. The van der Waals surface area contributed by atoms with Crippen molar-refractivity contribution in [1.82, 2.24) is 5.32 Å². The Kier molecular flexibility index (Phi) is 5.85. The van der Waals surface area contributed by atoms with E-state index >= 15 is 0 Å². The van der Waals surface area contributed by atoms with Gasteiger partial charge in [-0.25, -0.2) is 4.79 Å². The number of ether oxygens (including phenoxy) is 1. The van der Waals surface area contributed by atoms with Crippen LogP contribution < -0.4 is 10.6 Å². The van der Waals surface area contributed by atoms with Crippen LogP contribution in [0.15, 0.2) is 24.3 Å². The van der Waals surface area contributed by atoms with Crippen LogP contribution in [0.3, 0.4) is 0 Å². The zero-order chi connectivity index (χ0) is 14.3. The fourth-order valence-corrected chi connectivity index (χ4v) is 1.49. The second kappa shape index (κ2) is 7.41. The Balaban J connectivity index is 2.42. The summed E-state index contributed by atoms with van der Waals surface area (Å²) in [5.74, 6) is -0.000466. The van der Waals surface area contributed by atoms with Crippen LogP contribution in [-0.2, 0) is 9.53 Å². The van der Waals surface area contributed by atoms with Gasteiger partial charge in [0.1, 0.15) is 6.54 Å². The molecule has 1 aromatic rings. The molecule has 5 nitrogen and oxygen atoms in total. The maximum Gasteiger partial charge on any atom is 0.325 e. The van der Waals surface area contributed by atoms with E-state index in [0.717, 1.165) is 0 Å². The number of hydrogen-bond donors (Lipinski definition) is 2. The number of anilines is 1. The molecule has 2 N–H and O–H groups in total. The minimum absolute atomic E-state index is 0.135. The Hall–Kier alpha value is -2.04. The van der Waals surface area contributed by atoms with Gasteiger partial charge in [-0.15, -0.1) is 0 Å². The van der Waals surface area contributed by atoms with E-state index in [2.05, 4.69) is 24.5 Å². The van der Waals surface area contributed by atoms with Gasteiger partial charge in [0.15, 0.2) is 0 Å². The Bertz CT molecular complexity index is 427. The molecule has 19 heavy (non-hydrogen) atoms. The average molecular weight is 264 g/mol. The first-order valence-corrected chi connectivity index (χ1v) is 6.33. The van der Waals surface area contributed by atoms with E-state index in [0.29, 0.717) is 18.2 Å². The van der Waals surface area contributed by atoms with Gasteiger partial charge in [-0.05, 0) is 30.5 Å². The minimum Gasteiger partial charge on any atom is -0.465 e. The summed E-state index contributed by atoms with van der Waals surface area (Å²) >= 11 is 0. The van der Waals surface area contributed by atoms with Gasteiger partial charge in [0, 0.05) is 5.69 Å². The molecule has 0 fully saturated rings. The van der Waals surface area contributed by atoms with Crippen LogP contribution in [0.1, 0.15) is 32.3 Å². The maximum atomic E-state index is 11.5. The van der Waals surface area contributed by atoms with Gasteiger partial charge in [-0.3, -0.25) is 4.79 Å². The van der Waals surface area contributed by atoms with E-state index in [-0.39, 0.29) is 6.54 Å². The van der Waals surface area contributed by atoms with E-state index in [9.17, 15) is 9.59 Å². The lowest BCUT2D eigenvalue weighted by molar-refractivity contribution is -0.141. The fraction of sp³-hybridized carbons (Fsp3) is 0.429. The highest BCUT2D eigenvalue weighted by molar-refractivity contribution is 5.91. The predicted molar refractivity (Wildman–Crippen MR) is 74.2 cm³/mol. The molecule has 0 bridgehead atoms. The smallest absolute Gasteiger partial charge is 0.325 e. The summed E-state index contributed by atoms with van der Waals surface area (Å²) in [7, 11) is 0. The number of nitrogens with one attached hydrogen (secondary N) is 2. The van der Waals surface area contributed by atoms with E-state index in [1.54, 1.807) is 6.92 Å². The molecule has 0 heterocycles. The molecule has 0 saturated carbocycles. The van der Waals surface area contributed by atoms with E-state index < -0.39 is 12.0 Å². The topological polar surface area (TPSA) is 67.4 Å². The quantitative estimate of drug-likeness (QED) is 0.803. The van der Waals surface area contributed by atoms with Crippen molar-refractivity contribution >= 4 is 17.7 Å². The van der Waals surface area contributed by atoms with Crippen molar-refractivity contribution in [2.45, 2.75) is 26.7 Å². The van der Waals surface area contributed by atoms with Gasteiger partial charge in [-0.1, -0.05) is 26.0 Å². The van der Waals surface area contributed by atoms with E-state index in [4.69, 9.17) is 4.74 Å². The van der Waals surface area contributed by atoms with Crippen LogP contribution in [0.25, 0.3) is 0 Å². The number of esters is 1. The molecule has 2 amide bonds. The highest BCUT2D eigenvalue weighted by Gasteiger charge is 2.06. The van der Waals surface area contributed by atoms with Crippen LogP contribution in [0.2, 0.25) is 0 Å². The van der Waals surface area contributed by atoms with Crippen molar-refractivity contribution in [3.8, 4) is 0 Å². The van der Waals surface area contributed by atoms with Crippen LogP contribution in [0.5, 0.6) is 0 Å². The van der Waals surface area contributed by atoms with Crippen LogP contribution in [-0.4, -0.2) is 25.2 Å². The van der Waals surface area contributed by atoms with Crippen molar-refractivity contribution in [2.24, 2.45) is 0 Å². The second-order valence-electron chi connectivity index (χ2n) is 4.39. The predicted octanol–water partition coefficient (Wildman–Crippen LogP) is 2.49. The first-order valence-electron chi connectivity index (χ1n) is 6.33. The molecule has 1 rings (SSSR count). The van der Waals surface area contributed by atoms with Crippen molar-refractivity contribution in [3.63, 3.8) is 0 Å². The zero-order valence-corrected chi connectivity index (χ0v) is 11.5. The molecular formula is C14H20N2O3. The lowest BCUT2D eigenvalue weighted by Gasteiger charge is -2.09. The highest BCUT2D eigenvalue weighted by atomic mass is 16.5. The molecule has 1 aromatic carbocycles. The first kappa shape index (κ1) is 15.0. The van der Waals surface area contributed by atoms with Gasteiger partial charge in [0.25, 0.3) is 0 Å². The number of carbonyl (C=O) groups excluding carboxylic acids is 2. The average Bonchev–Trinajstić information content (AvgIpc) is 2.37. The second-order valence-corrected chi connectivity index (χ2v) is 4.39. The molecule has 0 saturated heterocycles. The summed E-state index contributed by atoms with van der Waals surface area (Å²) in [6.07, 6.45) is 0. The molecule has 104 valence electrons. The number of benzene rings is 1. The molecule has 0 radical (unpaired) electrons. The number of hydrogen-bond acceptors (Lipinski definition) is 3. The summed E-state index contributed by atoms with van der Waals surface area (Å²) in [5, 5.41) is 5.08. The SMILES string of the molecule is CCOC(=O)CNC(=O)Nc1ccc(C(C)C)cc1. The summed E-state index contributed by atoms with van der Waals surface area (Å²) in [4.78, 5) is 22.6. The Morgan fingerprint density at radius 2 is 1.84 bits per heavy atom. The molecule has 0 aliphatic heterocycles. The highest BCUT2D eigenvalue weighted by Crippen LogP contribution is 2.16. The van der Waals surface area contributed by atoms with Crippen molar-refractivity contribution in [3.05, 3.63) is 29.8 Å². The molecule has 0 aromatic heterocycles. The van der Waals surface area contributed by atoms with Gasteiger partial charge in [0.05, 0.1) is 6.61 Å². The summed E-state index contributed by atoms with van der Waals surface area (Å²) in [6, 6.07) is 7.17. The molecule has 0 atom stereocenters. The normalized spacial score (nSPS) is 10.1. The Morgan fingerprint density at radius 1 is 1.21 bits per heavy atom. The lowest BCUT2D eigenvalue weighted by Crippen LogP contribution is -2.34. The zero-order valence-electron chi connectivity index (χ0n) is 11.5. The van der Waals surface area contributed by atoms with E-state index in [1.165, 1.54) is 5.56 Å². The van der Waals surface area contributed by atoms with Crippen molar-refractivity contribution < 1.29 is 14.3 Å². The third-order valence-corrected chi connectivity index (χ3v) is 2.53. The van der Waals surface area contributed by atoms with Crippen LogP contribution >= 0.6 is 0 Å². The summed E-state index contributed by atoms with van der Waals surface area (Å²) < 4.78 is 4.70.